The molecule has 0 aliphatic rings. The maximum absolute atomic E-state index is 9.28. The Morgan fingerprint density at radius 3 is 1.57 bits per heavy atom. The average Bonchev–Trinajstić information content (AvgIpc) is 3.29. The smallest absolute Gasteiger partial charge is 0.136 e. The highest BCUT2D eigenvalue weighted by molar-refractivity contribution is 6.22. The minimum Gasteiger partial charge on any atom is -0.456 e. The van der Waals surface area contributed by atoms with E-state index in [9.17, 15) is 5.26 Å². The summed E-state index contributed by atoms with van der Waals surface area (Å²) in [5, 5.41) is 16.3. The lowest BCUT2D eigenvalue weighted by molar-refractivity contribution is 0.669. The molecule has 0 radical (unpaired) electrons. The summed E-state index contributed by atoms with van der Waals surface area (Å²) < 4.78 is 6.22. The normalized spacial score (nSPS) is 11.4. The van der Waals surface area contributed by atoms with Gasteiger partial charge in [0.1, 0.15) is 11.2 Å². The fourth-order valence-electron chi connectivity index (χ4n) is 5.36. The molecule has 0 fully saturated rings. The maximum atomic E-state index is 9.28. The molecule has 0 aliphatic carbocycles. The van der Waals surface area contributed by atoms with Gasteiger partial charge in [0, 0.05) is 10.8 Å². The molecule has 0 spiro atoms. The molecule has 0 aliphatic heterocycles. The van der Waals surface area contributed by atoms with E-state index >= 15 is 0 Å². The molecule has 162 valence electrons. The lowest BCUT2D eigenvalue weighted by Crippen LogP contribution is -1.90. The Hall–Kier alpha value is -4.87. The molecule has 0 bridgehead atoms. The van der Waals surface area contributed by atoms with Crippen molar-refractivity contribution in [3.05, 3.63) is 121 Å². The number of hydrogen-bond donors (Lipinski definition) is 0. The van der Waals surface area contributed by atoms with Gasteiger partial charge in [0.2, 0.25) is 0 Å². The third-order valence-electron chi connectivity index (χ3n) is 6.89. The van der Waals surface area contributed by atoms with Crippen LogP contribution in [0.5, 0.6) is 0 Å². The molecule has 0 amide bonds. The standard InChI is InChI=1S/C33H19NO/c34-20-21-14-16-24-25-17-15-23(19-31(25)35-30(24)18-21)33-28-12-6-4-10-26(28)32(22-8-2-1-3-9-22)27-11-5-7-13-29(27)33/h1-19H. The summed E-state index contributed by atoms with van der Waals surface area (Å²) in [7, 11) is 0. The second-order valence-electron chi connectivity index (χ2n) is 8.84. The number of hydrogen-bond acceptors (Lipinski definition) is 2. The van der Waals surface area contributed by atoms with Crippen molar-refractivity contribution in [2.45, 2.75) is 0 Å². The molecule has 7 rings (SSSR count). The van der Waals surface area contributed by atoms with E-state index in [1.807, 2.05) is 18.2 Å². The van der Waals surface area contributed by atoms with E-state index in [2.05, 4.69) is 103 Å². The number of furan rings is 1. The molecule has 1 heterocycles. The third kappa shape index (κ3) is 2.96. The molecule has 0 unspecified atom stereocenters. The molecule has 0 N–H and O–H groups in total. The number of fused-ring (bicyclic) bond motifs is 5. The minimum atomic E-state index is 0.602. The van der Waals surface area contributed by atoms with Crippen LogP contribution in [0, 0.1) is 11.3 Å². The Labute approximate surface area is 202 Å². The van der Waals surface area contributed by atoms with Crippen molar-refractivity contribution >= 4 is 43.5 Å². The summed E-state index contributed by atoms with van der Waals surface area (Å²) in [6.45, 7) is 0. The lowest BCUT2D eigenvalue weighted by atomic mass is 9.86. The SMILES string of the molecule is N#Cc1ccc2c(c1)oc1cc(-c3c4ccccc4c(-c4ccccc4)c4ccccc34)ccc12. The average molecular weight is 446 g/mol. The molecule has 2 heteroatoms. The fourth-order valence-corrected chi connectivity index (χ4v) is 5.36. The Morgan fingerprint density at radius 1 is 0.457 bits per heavy atom. The van der Waals surface area contributed by atoms with Gasteiger partial charge in [0.15, 0.2) is 0 Å². The van der Waals surface area contributed by atoms with Crippen LogP contribution in [0.15, 0.2) is 120 Å². The zero-order valence-electron chi connectivity index (χ0n) is 18.8. The van der Waals surface area contributed by atoms with Crippen LogP contribution >= 0.6 is 0 Å². The number of nitriles is 1. The van der Waals surface area contributed by atoms with Crippen molar-refractivity contribution in [2.24, 2.45) is 0 Å². The van der Waals surface area contributed by atoms with Gasteiger partial charge >= 0.3 is 0 Å². The van der Waals surface area contributed by atoms with Crippen molar-refractivity contribution in [1.82, 2.24) is 0 Å². The van der Waals surface area contributed by atoms with Crippen molar-refractivity contribution in [1.29, 1.82) is 5.26 Å². The number of rotatable bonds is 2. The van der Waals surface area contributed by atoms with Gasteiger partial charge in [-0.15, -0.1) is 0 Å². The first-order valence-electron chi connectivity index (χ1n) is 11.7. The van der Waals surface area contributed by atoms with Crippen LogP contribution in [-0.4, -0.2) is 0 Å². The summed E-state index contributed by atoms with van der Waals surface area (Å²) in [6, 6.07) is 42.2. The predicted molar refractivity (Wildman–Crippen MR) is 144 cm³/mol. The zero-order chi connectivity index (χ0) is 23.4. The fraction of sp³-hybridized carbons (Fsp3) is 0. The monoisotopic (exact) mass is 445 g/mol. The Balaban J connectivity index is 1.57. The van der Waals surface area contributed by atoms with Crippen LogP contribution < -0.4 is 0 Å². The molecule has 1 aromatic heterocycles. The van der Waals surface area contributed by atoms with E-state index in [0.717, 1.165) is 27.5 Å². The van der Waals surface area contributed by atoms with E-state index < -0.39 is 0 Å². The van der Waals surface area contributed by atoms with Crippen molar-refractivity contribution in [3.63, 3.8) is 0 Å². The molecule has 35 heavy (non-hydrogen) atoms. The Kier molecular flexibility index (Phi) is 4.24. The van der Waals surface area contributed by atoms with Gasteiger partial charge in [0.05, 0.1) is 11.6 Å². The van der Waals surface area contributed by atoms with Crippen LogP contribution in [0.4, 0.5) is 0 Å². The summed E-state index contributed by atoms with van der Waals surface area (Å²) in [5.41, 5.74) is 6.96. The van der Waals surface area contributed by atoms with E-state index in [0.29, 0.717) is 5.56 Å². The molecule has 0 atom stereocenters. The van der Waals surface area contributed by atoms with Crippen LogP contribution in [0.1, 0.15) is 5.56 Å². The summed E-state index contributed by atoms with van der Waals surface area (Å²) >= 11 is 0. The number of benzene rings is 6. The topological polar surface area (TPSA) is 36.9 Å². The minimum absolute atomic E-state index is 0.602. The molecule has 6 aromatic carbocycles. The maximum Gasteiger partial charge on any atom is 0.136 e. The van der Waals surface area contributed by atoms with Crippen LogP contribution in [-0.2, 0) is 0 Å². The van der Waals surface area contributed by atoms with Gasteiger partial charge < -0.3 is 4.42 Å². The van der Waals surface area contributed by atoms with Gasteiger partial charge in [-0.3, -0.25) is 0 Å². The van der Waals surface area contributed by atoms with Gasteiger partial charge in [0.25, 0.3) is 0 Å². The van der Waals surface area contributed by atoms with E-state index in [1.54, 1.807) is 0 Å². The molecule has 0 saturated carbocycles. The molecule has 2 nitrogen and oxygen atoms in total. The first-order valence-corrected chi connectivity index (χ1v) is 11.7. The highest BCUT2D eigenvalue weighted by Gasteiger charge is 2.17. The van der Waals surface area contributed by atoms with Gasteiger partial charge in [-0.25, -0.2) is 0 Å². The molecule has 0 saturated heterocycles. The van der Waals surface area contributed by atoms with E-state index in [4.69, 9.17) is 4.42 Å². The van der Waals surface area contributed by atoms with Gasteiger partial charge in [-0.05, 0) is 74.1 Å². The summed E-state index contributed by atoms with van der Waals surface area (Å²) in [4.78, 5) is 0. The first-order chi connectivity index (χ1) is 17.3. The van der Waals surface area contributed by atoms with Crippen LogP contribution in [0.2, 0.25) is 0 Å². The quantitative estimate of drug-likeness (QED) is 0.249. The molecular weight excluding hydrogens is 426 g/mol. The molecule has 7 aromatic rings. The third-order valence-corrected chi connectivity index (χ3v) is 6.89. The second kappa shape index (κ2) is 7.58. The highest BCUT2D eigenvalue weighted by Crippen LogP contribution is 2.44. The van der Waals surface area contributed by atoms with Gasteiger partial charge in [-0.1, -0.05) is 84.9 Å². The largest absolute Gasteiger partial charge is 0.456 e. The predicted octanol–water partition coefficient (Wildman–Crippen LogP) is 9.10. The van der Waals surface area contributed by atoms with Crippen molar-refractivity contribution < 1.29 is 4.42 Å². The first kappa shape index (κ1) is 19.6. The van der Waals surface area contributed by atoms with E-state index in [-0.39, 0.29) is 0 Å². The van der Waals surface area contributed by atoms with Crippen LogP contribution in [0.3, 0.4) is 0 Å². The van der Waals surface area contributed by atoms with Crippen LogP contribution in [0.25, 0.3) is 65.7 Å². The highest BCUT2D eigenvalue weighted by atomic mass is 16.3. The summed E-state index contributed by atoms with van der Waals surface area (Å²) in [5.74, 6) is 0. The second-order valence-corrected chi connectivity index (χ2v) is 8.84. The van der Waals surface area contributed by atoms with E-state index in [1.165, 1.54) is 38.2 Å². The Morgan fingerprint density at radius 2 is 0.971 bits per heavy atom. The zero-order valence-corrected chi connectivity index (χ0v) is 18.8. The Bertz CT molecular complexity index is 1900. The van der Waals surface area contributed by atoms with Crippen molar-refractivity contribution in [3.8, 4) is 28.3 Å². The lowest BCUT2D eigenvalue weighted by Gasteiger charge is -2.17. The number of nitrogens with zero attached hydrogens (tertiary/aromatic N) is 1. The van der Waals surface area contributed by atoms with Crippen molar-refractivity contribution in [2.75, 3.05) is 0 Å². The summed E-state index contributed by atoms with van der Waals surface area (Å²) in [6.07, 6.45) is 0. The molecular formula is C33H19NO. The van der Waals surface area contributed by atoms with Gasteiger partial charge in [-0.2, -0.15) is 5.26 Å².